The van der Waals surface area contributed by atoms with Crippen molar-refractivity contribution in [3.63, 3.8) is 0 Å². The van der Waals surface area contributed by atoms with E-state index in [0.717, 1.165) is 18.8 Å². The SMILES string of the molecule is CNC(=O)C1(Cc2ccccc2)CC2CCC1C2. The molecule has 0 aliphatic heterocycles. The van der Waals surface area contributed by atoms with E-state index in [4.69, 9.17) is 0 Å². The molecule has 96 valence electrons. The first-order valence-electron chi connectivity index (χ1n) is 7.01. The molecule has 3 unspecified atom stereocenters. The summed E-state index contributed by atoms with van der Waals surface area (Å²) in [5, 5.41) is 2.91. The number of amides is 1. The quantitative estimate of drug-likeness (QED) is 0.869. The van der Waals surface area contributed by atoms with Crippen molar-refractivity contribution < 1.29 is 4.79 Å². The molecule has 0 radical (unpaired) electrons. The van der Waals surface area contributed by atoms with E-state index in [2.05, 4.69) is 29.6 Å². The van der Waals surface area contributed by atoms with Gasteiger partial charge in [0.2, 0.25) is 5.91 Å². The minimum Gasteiger partial charge on any atom is -0.359 e. The standard InChI is InChI=1S/C16H21NO/c1-17-15(18)16(10-12-5-3-2-4-6-12)11-13-7-8-14(16)9-13/h2-6,13-14H,7-11H2,1H3,(H,17,18). The molecule has 1 aromatic rings. The van der Waals surface area contributed by atoms with E-state index in [1.165, 1.54) is 24.8 Å². The van der Waals surface area contributed by atoms with Crippen LogP contribution in [0, 0.1) is 17.3 Å². The smallest absolute Gasteiger partial charge is 0.226 e. The lowest BCUT2D eigenvalue weighted by Crippen LogP contribution is -2.44. The van der Waals surface area contributed by atoms with Gasteiger partial charge in [-0.05, 0) is 43.1 Å². The van der Waals surface area contributed by atoms with Gasteiger partial charge in [-0.3, -0.25) is 4.79 Å². The maximum absolute atomic E-state index is 12.4. The number of nitrogens with one attached hydrogen (secondary N) is 1. The summed E-state index contributed by atoms with van der Waals surface area (Å²) in [6, 6.07) is 10.5. The van der Waals surface area contributed by atoms with E-state index in [1.54, 1.807) is 7.05 Å². The molecule has 2 saturated carbocycles. The van der Waals surface area contributed by atoms with Crippen LogP contribution in [0.25, 0.3) is 0 Å². The highest BCUT2D eigenvalue weighted by atomic mass is 16.2. The Labute approximate surface area is 109 Å². The molecule has 3 rings (SSSR count). The topological polar surface area (TPSA) is 29.1 Å². The fourth-order valence-corrected chi connectivity index (χ4v) is 4.23. The van der Waals surface area contributed by atoms with Crippen LogP contribution < -0.4 is 5.32 Å². The van der Waals surface area contributed by atoms with E-state index in [9.17, 15) is 4.79 Å². The average molecular weight is 243 g/mol. The van der Waals surface area contributed by atoms with Crippen molar-refractivity contribution in [3.05, 3.63) is 35.9 Å². The van der Waals surface area contributed by atoms with E-state index in [-0.39, 0.29) is 11.3 Å². The van der Waals surface area contributed by atoms with Crippen molar-refractivity contribution in [1.82, 2.24) is 5.32 Å². The van der Waals surface area contributed by atoms with E-state index >= 15 is 0 Å². The maximum atomic E-state index is 12.4. The van der Waals surface area contributed by atoms with Crippen molar-refractivity contribution >= 4 is 5.91 Å². The Kier molecular flexibility index (Phi) is 2.89. The Morgan fingerprint density at radius 1 is 1.33 bits per heavy atom. The van der Waals surface area contributed by atoms with Crippen molar-refractivity contribution in [1.29, 1.82) is 0 Å². The zero-order chi connectivity index (χ0) is 12.6. The first-order chi connectivity index (χ1) is 8.74. The van der Waals surface area contributed by atoms with Crippen LogP contribution in [0.4, 0.5) is 0 Å². The number of rotatable bonds is 3. The Hall–Kier alpha value is -1.31. The van der Waals surface area contributed by atoms with Gasteiger partial charge in [0.15, 0.2) is 0 Å². The second-order valence-electron chi connectivity index (χ2n) is 5.98. The van der Waals surface area contributed by atoms with Gasteiger partial charge >= 0.3 is 0 Å². The molecule has 3 atom stereocenters. The molecule has 1 amide bonds. The molecule has 2 fully saturated rings. The van der Waals surface area contributed by atoms with Gasteiger partial charge in [-0.15, -0.1) is 0 Å². The summed E-state index contributed by atoms with van der Waals surface area (Å²) in [4.78, 5) is 12.4. The number of benzene rings is 1. The van der Waals surface area contributed by atoms with Crippen LogP contribution in [-0.2, 0) is 11.2 Å². The molecule has 2 heteroatoms. The largest absolute Gasteiger partial charge is 0.359 e. The summed E-state index contributed by atoms with van der Waals surface area (Å²) in [7, 11) is 1.78. The molecule has 0 heterocycles. The number of carbonyl (C=O) groups is 1. The minimum atomic E-state index is -0.126. The third-order valence-electron chi connectivity index (χ3n) is 5.02. The number of hydrogen-bond donors (Lipinski definition) is 1. The van der Waals surface area contributed by atoms with Crippen LogP contribution in [0.3, 0.4) is 0 Å². The molecule has 0 saturated heterocycles. The lowest BCUT2D eigenvalue weighted by Gasteiger charge is -2.36. The predicted octanol–water partition coefficient (Wildman–Crippen LogP) is 2.78. The van der Waals surface area contributed by atoms with Crippen molar-refractivity contribution in [3.8, 4) is 0 Å². The molecule has 1 aromatic carbocycles. The molecule has 2 aliphatic rings. The number of fused-ring (bicyclic) bond motifs is 2. The maximum Gasteiger partial charge on any atom is 0.226 e. The van der Waals surface area contributed by atoms with Gasteiger partial charge in [0, 0.05) is 7.05 Å². The number of hydrogen-bond acceptors (Lipinski definition) is 1. The van der Waals surface area contributed by atoms with Gasteiger partial charge in [-0.2, -0.15) is 0 Å². The number of carbonyl (C=O) groups excluding carboxylic acids is 1. The summed E-state index contributed by atoms with van der Waals surface area (Å²) in [5.74, 6) is 1.65. The van der Waals surface area contributed by atoms with Gasteiger partial charge in [-0.1, -0.05) is 36.8 Å². The Balaban J connectivity index is 1.90. The van der Waals surface area contributed by atoms with Crippen LogP contribution >= 0.6 is 0 Å². The van der Waals surface area contributed by atoms with Crippen molar-refractivity contribution in [2.45, 2.75) is 32.1 Å². The molecule has 18 heavy (non-hydrogen) atoms. The Morgan fingerprint density at radius 2 is 2.11 bits per heavy atom. The van der Waals surface area contributed by atoms with Gasteiger partial charge in [-0.25, -0.2) is 0 Å². The zero-order valence-corrected chi connectivity index (χ0v) is 11.0. The molecule has 2 nitrogen and oxygen atoms in total. The van der Waals surface area contributed by atoms with Crippen molar-refractivity contribution in [2.75, 3.05) is 7.05 Å². The summed E-state index contributed by atoms with van der Waals surface area (Å²) >= 11 is 0. The molecule has 1 N–H and O–H groups in total. The lowest BCUT2D eigenvalue weighted by atomic mass is 9.68. The Bertz CT molecular complexity index is 442. The van der Waals surface area contributed by atoms with Crippen LogP contribution in [0.2, 0.25) is 0 Å². The van der Waals surface area contributed by atoms with E-state index in [1.807, 2.05) is 6.07 Å². The molecular formula is C16H21NO. The highest BCUT2D eigenvalue weighted by Crippen LogP contribution is 2.57. The third-order valence-corrected chi connectivity index (χ3v) is 5.02. The summed E-state index contributed by atoms with van der Waals surface area (Å²) in [6.45, 7) is 0. The summed E-state index contributed by atoms with van der Waals surface area (Å²) < 4.78 is 0. The molecule has 2 aliphatic carbocycles. The summed E-state index contributed by atoms with van der Waals surface area (Å²) in [5.41, 5.74) is 1.17. The highest BCUT2D eigenvalue weighted by molar-refractivity contribution is 5.83. The lowest BCUT2D eigenvalue weighted by molar-refractivity contribution is -0.133. The molecular weight excluding hydrogens is 222 g/mol. The van der Waals surface area contributed by atoms with Gasteiger partial charge in [0.05, 0.1) is 5.41 Å². The van der Waals surface area contributed by atoms with E-state index < -0.39 is 0 Å². The highest BCUT2D eigenvalue weighted by Gasteiger charge is 2.54. The predicted molar refractivity (Wildman–Crippen MR) is 72.1 cm³/mol. The van der Waals surface area contributed by atoms with Gasteiger partial charge < -0.3 is 5.32 Å². The third kappa shape index (κ3) is 1.75. The van der Waals surface area contributed by atoms with Crippen LogP contribution in [0.1, 0.15) is 31.2 Å². The van der Waals surface area contributed by atoms with Gasteiger partial charge in [0.25, 0.3) is 0 Å². The van der Waals surface area contributed by atoms with Crippen LogP contribution in [0.5, 0.6) is 0 Å². The fourth-order valence-electron chi connectivity index (χ4n) is 4.23. The Morgan fingerprint density at radius 3 is 2.67 bits per heavy atom. The molecule has 2 bridgehead atoms. The molecule has 0 aromatic heterocycles. The monoisotopic (exact) mass is 243 g/mol. The first-order valence-corrected chi connectivity index (χ1v) is 7.01. The van der Waals surface area contributed by atoms with Crippen LogP contribution in [-0.4, -0.2) is 13.0 Å². The van der Waals surface area contributed by atoms with Crippen molar-refractivity contribution in [2.24, 2.45) is 17.3 Å². The normalized spacial score (nSPS) is 33.6. The van der Waals surface area contributed by atoms with E-state index in [0.29, 0.717) is 5.92 Å². The second kappa shape index (κ2) is 4.42. The average Bonchev–Trinajstić information content (AvgIpc) is 3.00. The first kappa shape index (κ1) is 11.8. The zero-order valence-electron chi connectivity index (χ0n) is 11.0. The minimum absolute atomic E-state index is 0.126. The summed E-state index contributed by atoms with van der Waals surface area (Å²) in [6.07, 6.45) is 5.84. The second-order valence-corrected chi connectivity index (χ2v) is 5.98. The van der Waals surface area contributed by atoms with Gasteiger partial charge in [0.1, 0.15) is 0 Å². The van der Waals surface area contributed by atoms with Crippen LogP contribution in [0.15, 0.2) is 30.3 Å². The molecule has 0 spiro atoms. The fraction of sp³-hybridized carbons (Fsp3) is 0.562.